The summed E-state index contributed by atoms with van der Waals surface area (Å²) in [6.07, 6.45) is -3.10. The van der Waals surface area contributed by atoms with E-state index < -0.39 is 17.7 Å². The molecule has 180 valence electrons. The lowest BCUT2D eigenvalue weighted by Crippen LogP contribution is -2.10. The first-order valence-corrected chi connectivity index (χ1v) is 10.8. The zero-order valence-electron chi connectivity index (χ0n) is 18.8. The van der Waals surface area contributed by atoms with Crippen LogP contribution in [0.25, 0.3) is 22.0 Å². The summed E-state index contributed by atoms with van der Waals surface area (Å²) in [4.78, 5) is 15.1. The molecule has 0 saturated carbocycles. The van der Waals surface area contributed by atoms with Gasteiger partial charge in [-0.15, -0.1) is 0 Å². The molecule has 0 unspecified atom stereocenters. The number of carbonyl (C=O) groups is 1. The number of halogens is 3. The molecule has 5 nitrogen and oxygen atoms in total. The Morgan fingerprint density at radius 1 is 0.914 bits per heavy atom. The number of fused-ring (bicyclic) bond motifs is 1. The van der Waals surface area contributed by atoms with Gasteiger partial charge in [0.1, 0.15) is 19.0 Å². The standard InChI is InChI=1S/C27H22F3NO4/c1-33-25(32)17-34-15-18-8-10-19(11-9-18)16-35-21-5-2-4-20(14-21)22-12-13-31-26-23(22)6-3-7-24(26)27(28,29)30/h2-14H,15-17H2,1H3. The van der Waals surface area contributed by atoms with Crippen molar-refractivity contribution in [3.8, 4) is 16.9 Å². The Balaban J connectivity index is 1.47. The minimum atomic E-state index is -4.49. The van der Waals surface area contributed by atoms with Crippen LogP contribution in [-0.4, -0.2) is 24.7 Å². The van der Waals surface area contributed by atoms with E-state index in [2.05, 4.69) is 9.72 Å². The van der Waals surface area contributed by atoms with Crippen molar-refractivity contribution in [1.29, 1.82) is 0 Å². The Bertz CT molecular complexity index is 1320. The highest BCUT2D eigenvalue weighted by molar-refractivity contribution is 5.96. The van der Waals surface area contributed by atoms with Crippen molar-refractivity contribution >= 4 is 16.9 Å². The summed E-state index contributed by atoms with van der Waals surface area (Å²) < 4.78 is 56.0. The van der Waals surface area contributed by atoms with E-state index in [-0.39, 0.29) is 18.7 Å². The topological polar surface area (TPSA) is 57.7 Å². The van der Waals surface area contributed by atoms with E-state index in [0.29, 0.717) is 23.3 Å². The fourth-order valence-electron chi connectivity index (χ4n) is 3.62. The van der Waals surface area contributed by atoms with Crippen LogP contribution in [0.15, 0.2) is 79.0 Å². The zero-order chi connectivity index (χ0) is 24.8. The molecule has 0 fully saturated rings. The van der Waals surface area contributed by atoms with Crippen molar-refractivity contribution in [2.45, 2.75) is 19.4 Å². The number of aromatic nitrogens is 1. The SMILES string of the molecule is COC(=O)COCc1ccc(COc2cccc(-c3ccnc4c(C(F)(F)F)cccc34)c2)cc1. The van der Waals surface area contributed by atoms with E-state index >= 15 is 0 Å². The molecule has 0 amide bonds. The van der Waals surface area contributed by atoms with E-state index in [1.54, 1.807) is 30.3 Å². The third-order valence-electron chi connectivity index (χ3n) is 5.37. The van der Waals surface area contributed by atoms with Crippen LogP contribution >= 0.6 is 0 Å². The van der Waals surface area contributed by atoms with Crippen LogP contribution in [0.3, 0.4) is 0 Å². The molecule has 0 bridgehead atoms. The van der Waals surface area contributed by atoms with Gasteiger partial charge in [-0.2, -0.15) is 13.2 Å². The molecule has 4 aromatic rings. The molecule has 8 heteroatoms. The Kier molecular flexibility index (Phi) is 7.31. The number of nitrogens with zero attached hydrogens (tertiary/aromatic N) is 1. The normalized spacial score (nSPS) is 11.4. The van der Waals surface area contributed by atoms with Gasteiger partial charge in [0.25, 0.3) is 0 Å². The smallest absolute Gasteiger partial charge is 0.418 e. The molecule has 0 saturated heterocycles. The first-order valence-electron chi connectivity index (χ1n) is 10.8. The molecule has 1 heterocycles. The van der Waals surface area contributed by atoms with E-state index in [1.165, 1.54) is 19.4 Å². The van der Waals surface area contributed by atoms with E-state index in [1.807, 2.05) is 30.3 Å². The highest BCUT2D eigenvalue weighted by Gasteiger charge is 2.33. The van der Waals surface area contributed by atoms with Crippen molar-refractivity contribution in [3.05, 3.63) is 95.7 Å². The number of hydrogen-bond acceptors (Lipinski definition) is 5. The summed E-state index contributed by atoms with van der Waals surface area (Å²) in [5, 5.41) is 0.421. The molecule has 4 rings (SSSR count). The number of benzene rings is 3. The summed E-state index contributed by atoms with van der Waals surface area (Å²) in [5.74, 6) is 0.155. The summed E-state index contributed by atoms with van der Waals surface area (Å²) in [7, 11) is 1.30. The second-order valence-electron chi connectivity index (χ2n) is 7.76. The summed E-state index contributed by atoms with van der Waals surface area (Å²) in [6, 6.07) is 20.5. The van der Waals surface area contributed by atoms with Gasteiger partial charge in [0.05, 0.1) is 24.8 Å². The molecule has 0 aliphatic rings. The number of carbonyl (C=O) groups excluding carboxylic acids is 1. The van der Waals surface area contributed by atoms with Gasteiger partial charge in [-0.25, -0.2) is 4.79 Å². The van der Waals surface area contributed by atoms with Crippen LogP contribution in [0.5, 0.6) is 5.75 Å². The van der Waals surface area contributed by atoms with Crippen LogP contribution in [0.1, 0.15) is 16.7 Å². The molecule has 35 heavy (non-hydrogen) atoms. The van der Waals surface area contributed by atoms with Crippen molar-refractivity contribution in [2.75, 3.05) is 13.7 Å². The van der Waals surface area contributed by atoms with Gasteiger partial charge in [-0.3, -0.25) is 4.98 Å². The molecule has 3 aromatic carbocycles. The molecular formula is C27H22F3NO4. The highest BCUT2D eigenvalue weighted by Crippen LogP contribution is 2.37. The number of esters is 1. The Labute approximate surface area is 200 Å². The van der Waals surface area contributed by atoms with E-state index in [9.17, 15) is 18.0 Å². The van der Waals surface area contributed by atoms with Crippen molar-refractivity contribution < 1.29 is 32.2 Å². The molecule has 0 atom stereocenters. The van der Waals surface area contributed by atoms with Gasteiger partial charge in [-0.05, 0) is 46.5 Å². The van der Waals surface area contributed by atoms with Gasteiger partial charge in [-0.1, -0.05) is 48.5 Å². The first-order chi connectivity index (χ1) is 16.8. The molecule has 0 aliphatic heterocycles. The van der Waals surface area contributed by atoms with Gasteiger partial charge in [0.15, 0.2) is 0 Å². The lowest BCUT2D eigenvalue weighted by Gasteiger charge is -2.13. The van der Waals surface area contributed by atoms with Crippen LogP contribution in [0.4, 0.5) is 13.2 Å². The predicted molar refractivity (Wildman–Crippen MR) is 125 cm³/mol. The second kappa shape index (κ2) is 10.6. The van der Waals surface area contributed by atoms with Gasteiger partial charge < -0.3 is 14.2 Å². The fourth-order valence-corrected chi connectivity index (χ4v) is 3.62. The zero-order valence-corrected chi connectivity index (χ0v) is 18.8. The van der Waals surface area contributed by atoms with Crippen molar-refractivity contribution in [3.63, 3.8) is 0 Å². The average molecular weight is 481 g/mol. The van der Waals surface area contributed by atoms with Gasteiger partial charge >= 0.3 is 12.1 Å². The summed E-state index contributed by atoms with van der Waals surface area (Å²) >= 11 is 0. The van der Waals surface area contributed by atoms with E-state index in [0.717, 1.165) is 22.8 Å². The molecule has 0 aliphatic carbocycles. The number of ether oxygens (including phenoxy) is 3. The van der Waals surface area contributed by atoms with Crippen molar-refractivity contribution in [1.82, 2.24) is 4.98 Å². The lowest BCUT2D eigenvalue weighted by molar-refractivity contribution is -0.146. The quantitative estimate of drug-likeness (QED) is 0.281. The largest absolute Gasteiger partial charge is 0.489 e. The third-order valence-corrected chi connectivity index (χ3v) is 5.37. The lowest BCUT2D eigenvalue weighted by atomic mass is 9.99. The predicted octanol–water partition coefficient (Wildman–Crippen LogP) is 6.19. The number of hydrogen-bond donors (Lipinski definition) is 0. The van der Waals surface area contributed by atoms with Crippen LogP contribution < -0.4 is 4.74 Å². The van der Waals surface area contributed by atoms with Crippen molar-refractivity contribution in [2.24, 2.45) is 0 Å². The van der Waals surface area contributed by atoms with Gasteiger partial charge in [0.2, 0.25) is 0 Å². The summed E-state index contributed by atoms with van der Waals surface area (Å²) in [5.41, 5.74) is 2.36. The second-order valence-corrected chi connectivity index (χ2v) is 7.76. The number of rotatable bonds is 8. The monoisotopic (exact) mass is 481 g/mol. The molecule has 0 radical (unpaired) electrons. The number of methoxy groups -OCH3 is 1. The fraction of sp³-hybridized carbons (Fsp3) is 0.185. The van der Waals surface area contributed by atoms with Gasteiger partial charge in [0, 0.05) is 11.6 Å². The Hall–Kier alpha value is -3.91. The minimum absolute atomic E-state index is 0.0838. The maximum absolute atomic E-state index is 13.4. The van der Waals surface area contributed by atoms with Crippen LogP contribution in [0, 0.1) is 0 Å². The van der Waals surface area contributed by atoms with Crippen LogP contribution in [-0.2, 0) is 33.7 Å². The molecule has 0 N–H and O–H groups in total. The first kappa shape index (κ1) is 24.2. The Morgan fingerprint density at radius 3 is 2.34 bits per heavy atom. The number of para-hydroxylation sites is 1. The maximum Gasteiger partial charge on any atom is 0.418 e. The van der Waals surface area contributed by atoms with Crippen LogP contribution in [0.2, 0.25) is 0 Å². The highest BCUT2D eigenvalue weighted by atomic mass is 19.4. The number of alkyl halides is 3. The van der Waals surface area contributed by atoms with E-state index in [4.69, 9.17) is 9.47 Å². The average Bonchev–Trinajstić information content (AvgIpc) is 2.87. The third kappa shape index (κ3) is 5.96. The molecule has 1 aromatic heterocycles. The molecule has 0 spiro atoms. The molecular weight excluding hydrogens is 459 g/mol. The minimum Gasteiger partial charge on any atom is -0.489 e. The summed E-state index contributed by atoms with van der Waals surface area (Å²) in [6.45, 7) is 0.484. The Morgan fingerprint density at radius 2 is 1.63 bits per heavy atom. The number of pyridine rings is 1. The maximum atomic E-state index is 13.4.